The minimum absolute atomic E-state index is 0.0604. The number of carbonyl (C=O) groups is 1. The van der Waals surface area contributed by atoms with Gasteiger partial charge in [-0.15, -0.1) is 0 Å². The van der Waals surface area contributed by atoms with Gasteiger partial charge in [-0.2, -0.15) is 0 Å². The van der Waals surface area contributed by atoms with Gasteiger partial charge in [0.05, 0.1) is 38.5 Å². The second-order valence-electron chi connectivity index (χ2n) is 3.39. The van der Waals surface area contributed by atoms with Gasteiger partial charge in [-0.1, -0.05) is 0 Å². The number of Topliss-reactive ketones (excluding diaryl/α,β-unsaturated/α-hetero) is 1. The van der Waals surface area contributed by atoms with Gasteiger partial charge in [-0.3, -0.25) is 4.79 Å². The predicted octanol–water partition coefficient (Wildman–Crippen LogP) is 0.992. The zero-order valence-electron chi connectivity index (χ0n) is 10.3. The van der Waals surface area contributed by atoms with Crippen molar-refractivity contribution < 1.29 is 19.0 Å². The summed E-state index contributed by atoms with van der Waals surface area (Å²) in [6.07, 6.45) is 0. The Morgan fingerprint density at radius 3 is 2.41 bits per heavy atom. The van der Waals surface area contributed by atoms with Crippen LogP contribution in [0.1, 0.15) is 15.9 Å². The Bertz CT molecular complexity index is 404. The van der Waals surface area contributed by atoms with Crippen LogP contribution in [0.5, 0.6) is 11.5 Å². The first-order valence-electron chi connectivity index (χ1n) is 5.15. The van der Waals surface area contributed by atoms with Crippen molar-refractivity contribution >= 4 is 5.78 Å². The summed E-state index contributed by atoms with van der Waals surface area (Å²) in [5, 5.41) is 0. The lowest BCUT2D eigenvalue weighted by Crippen LogP contribution is -2.15. The topological polar surface area (TPSA) is 70.8 Å². The quantitative estimate of drug-likeness (QED) is 0.750. The van der Waals surface area contributed by atoms with Crippen molar-refractivity contribution in [3.63, 3.8) is 0 Å². The molecule has 2 N–H and O–H groups in total. The van der Waals surface area contributed by atoms with Gasteiger partial charge >= 0.3 is 0 Å². The summed E-state index contributed by atoms with van der Waals surface area (Å²) in [7, 11) is 4.62. The van der Waals surface area contributed by atoms with E-state index in [0.29, 0.717) is 29.2 Å². The van der Waals surface area contributed by atoms with Crippen LogP contribution < -0.4 is 15.2 Å². The summed E-state index contributed by atoms with van der Waals surface area (Å²) in [5.74, 6) is 0.903. The molecule has 17 heavy (non-hydrogen) atoms. The molecule has 1 aromatic carbocycles. The molecule has 0 aliphatic carbocycles. The molecule has 0 aromatic heterocycles. The van der Waals surface area contributed by atoms with Crippen molar-refractivity contribution in [3.05, 3.63) is 23.3 Å². The van der Waals surface area contributed by atoms with E-state index in [0.717, 1.165) is 0 Å². The first-order valence-corrected chi connectivity index (χ1v) is 5.15. The summed E-state index contributed by atoms with van der Waals surface area (Å²) in [5.41, 5.74) is 6.51. The molecular formula is C12H17NO4. The summed E-state index contributed by atoms with van der Waals surface area (Å²) in [4.78, 5) is 11.7. The van der Waals surface area contributed by atoms with Gasteiger partial charge in [-0.25, -0.2) is 0 Å². The third-order valence-corrected chi connectivity index (χ3v) is 2.42. The zero-order valence-corrected chi connectivity index (χ0v) is 10.3. The Balaban J connectivity index is 3.34. The molecule has 0 aliphatic heterocycles. The maximum atomic E-state index is 11.7. The molecule has 0 amide bonds. The summed E-state index contributed by atoms with van der Waals surface area (Å²) in [6, 6.07) is 3.35. The van der Waals surface area contributed by atoms with Gasteiger partial charge < -0.3 is 19.9 Å². The van der Waals surface area contributed by atoms with Gasteiger partial charge in [0.25, 0.3) is 0 Å². The van der Waals surface area contributed by atoms with E-state index < -0.39 is 0 Å². The molecule has 0 radical (unpaired) electrons. The van der Waals surface area contributed by atoms with E-state index in [4.69, 9.17) is 19.9 Å². The van der Waals surface area contributed by atoms with Crippen molar-refractivity contribution in [1.82, 2.24) is 0 Å². The summed E-state index contributed by atoms with van der Waals surface area (Å²) < 4.78 is 15.5. The molecule has 5 nitrogen and oxygen atoms in total. The molecule has 0 spiro atoms. The first-order chi connectivity index (χ1) is 8.19. The van der Waals surface area contributed by atoms with Crippen LogP contribution in [0, 0.1) is 0 Å². The van der Waals surface area contributed by atoms with Crippen molar-refractivity contribution in [2.24, 2.45) is 5.73 Å². The number of nitrogens with two attached hydrogens (primary N) is 1. The minimum atomic E-state index is -0.179. The molecule has 94 valence electrons. The van der Waals surface area contributed by atoms with Crippen molar-refractivity contribution in [3.8, 4) is 11.5 Å². The number of rotatable bonds is 6. The van der Waals surface area contributed by atoms with E-state index in [1.807, 2.05) is 0 Å². The lowest BCUT2D eigenvalue weighted by molar-refractivity contribution is 0.0997. The fourth-order valence-corrected chi connectivity index (χ4v) is 1.64. The van der Waals surface area contributed by atoms with E-state index in [2.05, 4.69) is 0 Å². The Labute approximate surface area is 100 Å². The molecule has 0 heterocycles. The first kappa shape index (κ1) is 13.5. The zero-order chi connectivity index (χ0) is 12.8. The molecule has 0 atom stereocenters. The SMILES string of the molecule is COCc1c(OC)ccc(C(=O)CN)c1OC. The highest BCUT2D eigenvalue weighted by Gasteiger charge is 2.18. The normalized spacial score (nSPS) is 10.1. The molecule has 1 aromatic rings. The fourth-order valence-electron chi connectivity index (χ4n) is 1.64. The van der Waals surface area contributed by atoms with Gasteiger partial charge in [-0.05, 0) is 12.1 Å². The van der Waals surface area contributed by atoms with E-state index in [1.54, 1.807) is 26.4 Å². The smallest absolute Gasteiger partial charge is 0.180 e. The molecule has 0 fully saturated rings. The second-order valence-corrected chi connectivity index (χ2v) is 3.39. The predicted molar refractivity (Wildman–Crippen MR) is 63.6 cm³/mol. The number of benzene rings is 1. The maximum Gasteiger partial charge on any atom is 0.180 e. The number of hydrogen-bond donors (Lipinski definition) is 1. The molecule has 0 aliphatic rings. The van der Waals surface area contributed by atoms with Crippen LogP contribution in [0.2, 0.25) is 0 Å². The Morgan fingerprint density at radius 1 is 1.24 bits per heavy atom. The monoisotopic (exact) mass is 239 g/mol. The van der Waals surface area contributed by atoms with Crippen molar-refractivity contribution in [2.45, 2.75) is 6.61 Å². The van der Waals surface area contributed by atoms with Crippen LogP contribution in [-0.2, 0) is 11.3 Å². The van der Waals surface area contributed by atoms with E-state index in [1.165, 1.54) is 7.11 Å². The molecule has 0 saturated carbocycles. The van der Waals surface area contributed by atoms with Crippen LogP contribution in [0.3, 0.4) is 0 Å². The summed E-state index contributed by atoms with van der Waals surface area (Å²) in [6.45, 7) is 0.243. The lowest BCUT2D eigenvalue weighted by Gasteiger charge is -2.15. The average Bonchev–Trinajstić information content (AvgIpc) is 2.37. The van der Waals surface area contributed by atoms with Crippen LogP contribution in [-0.4, -0.2) is 33.7 Å². The van der Waals surface area contributed by atoms with Gasteiger partial charge in [0, 0.05) is 7.11 Å². The maximum absolute atomic E-state index is 11.7. The number of ether oxygens (including phenoxy) is 3. The van der Waals surface area contributed by atoms with Crippen LogP contribution in [0.4, 0.5) is 0 Å². The third-order valence-electron chi connectivity index (χ3n) is 2.42. The van der Waals surface area contributed by atoms with Crippen LogP contribution in [0.15, 0.2) is 12.1 Å². The third kappa shape index (κ3) is 2.75. The van der Waals surface area contributed by atoms with Crippen LogP contribution in [0.25, 0.3) is 0 Å². The number of carbonyl (C=O) groups excluding carboxylic acids is 1. The highest BCUT2D eigenvalue weighted by atomic mass is 16.5. The Kier molecular flexibility index (Phi) is 4.93. The Hall–Kier alpha value is -1.59. The second kappa shape index (κ2) is 6.22. The summed E-state index contributed by atoms with van der Waals surface area (Å²) >= 11 is 0. The Morgan fingerprint density at radius 2 is 1.94 bits per heavy atom. The number of hydrogen-bond acceptors (Lipinski definition) is 5. The van der Waals surface area contributed by atoms with Gasteiger partial charge in [0.15, 0.2) is 5.78 Å². The van der Waals surface area contributed by atoms with Gasteiger partial charge in [0.2, 0.25) is 0 Å². The largest absolute Gasteiger partial charge is 0.496 e. The van der Waals surface area contributed by atoms with Crippen molar-refractivity contribution in [2.75, 3.05) is 27.9 Å². The van der Waals surface area contributed by atoms with Gasteiger partial charge in [0.1, 0.15) is 11.5 Å². The van der Waals surface area contributed by atoms with E-state index >= 15 is 0 Å². The van der Waals surface area contributed by atoms with E-state index in [9.17, 15) is 4.79 Å². The number of ketones is 1. The highest BCUT2D eigenvalue weighted by Crippen LogP contribution is 2.32. The fraction of sp³-hybridized carbons (Fsp3) is 0.417. The molecule has 1 rings (SSSR count). The molecular weight excluding hydrogens is 222 g/mol. The molecule has 0 bridgehead atoms. The van der Waals surface area contributed by atoms with Crippen molar-refractivity contribution in [1.29, 1.82) is 0 Å². The standard InChI is InChI=1S/C12H17NO4/c1-15-7-9-11(16-2)5-4-8(10(14)6-13)12(9)17-3/h4-5H,6-7,13H2,1-3H3. The van der Waals surface area contributed by atoms with E-state index in [-0.39, 0.29) is 12.3 Å². The molecule has 5 heteroatoms. The average molecular weight is 239 g/mol. The minimum Gasteiger partial charge on any atom is -0.496 e. The highest BCUT2D eigenvalue weighted by molar-refractivity contribution is 6.00. The molecule has 0 unspecified atom stereocenters. The van der Waals surface area contributed by atoms with Crippen LogP contribution >= 0.6 is 0 Å². The lowest BCUT2D eigenvalue weighted by atomic mass is 10.0. The number of methoxy groups -OCH3 is 3. The molecule has 0 saturated heterocycles.